The summed E-state index contributed by atoms with van der Waals surface area (Å²) in [6, 6.07) is 11.9. The van der Waals surface area contributed by atoms with Crippen molar-refractivity contribution < 1.29 is 21.7 Å². The highest BCUT2D eigenvalue weighted by Gasteiger charge is 2.21. The summed E-state index contributed by atoms with van der Waals surface area (Å²) in [6.45, 7) is 1.64. The van der Waals surface area contributed by atoms with Crippen molar-refractivity contribution in [3.8, 4) is 0 Å². The maximum absolute atomic E-state index is 10.8. The van der Waals surface area contributed by atoms with Crippen LogP contribution in [0.2, 0.25) is 0 Å². The number of fused-ring (bicyclic) bond motifs is 3. The van der Waals surface area contributed by atoms with Gasteiger partial charge in [0.15, 0.2) is 0 Å². The number of aromatic nitrogens is 1. The zero-order valence-corrected chi connectivity index (χ0v) is 12.2. The van der Waals surface area contributed by atoms with Crippen LogP contribution in [0.3, 0.4) is 0 Å². The minimum Gasteiger partial charge on any atom is -0.263 e. The van der Waals surface area contributed by atoms with E-state index in [1.165, 1.54) is 0 Å². The van der Waals surface area contributed by atoms with Gasteiger partial charge in [-0.05, 0) is 17.5 Å². The van der Waals surface area contributed by atoms with Gasteiger partial charge in [0.1, 0.15) is 4.70 Å². The van der Waals surface area contributed by atoms with E-state index in [4.69, 9.17) is 4.55 Å². The lowest BCUT2D eigenvalue weighted by Gasteiger charge is -1.99. The minimum atomic E-state index is -4.46. The molecule has 7 heteroatoms. The van der Waals surface area contributed by atoms with E-state index in [1.807, 2.05) is 43.3 Å². The molecule has 20 heavy (non-hydrogen) atoms. The van der Waals surface area contributed by atoms with Gasteiger partial charge in [0.2, 0.25) is 10.5 Å². The van der Waals surface area contributed by atoms with Crippen molar-refractivity contribution in [3.05, 3.63) is 41.4 Å². The van der Waals surface area contributed by atoms with Crippen LogP contribution >= 0.6 is 11.3 Å². The monoisotopic (exact) mass is 310 g/mol. The number of rotatable bonds is 3. The number of hydrogen-bond acceptors (Lipinski definition) is 4. The van der Waals surface area contributed by atoms with Gasteiger partial charge >= 0.3 is 10.4 Å². The molecule has 0 unspecified atom stereocenters. The number of aryl methyl sites for hydroxylation is 1. The van der Waals surface area contributed by atoms with Crippen LogP contribution in [0.1, 0.15) is 5.01 Å². The van der Waals surface area contributed by atoms with Crippen molar-refractivity contribution in [2.75, 3.05) is 0 Å². The standard InChI is InChI=1S/C13H11NO4S2/c1-9-14(8-18-20(15,16)17)13-11-5-3-2-4-10(11)6-7-12(13)19-9/h2-7H,8H2,1H3/p+1. The third-order valence-corrected chi connectivity index (χ3v) is 4.57. The molecular formula is C13H12NO4S2+. The zero-order valence-electron chi connectivity index (χ0n) is 10.6. The largest absolute Gasteiger partial charge is 0.402 e. The van der Waals surface area contributed by atoms with Crippen LogP contribution in [-0.4, -0.2) is 13.0 Å². The molecule has 104 valence electrons. The summed E-state index contributed by atoms with van der Waals surface area (Å²) in [5, 5.41) is 2.99. The van der Waals surface area contributed by atoms with Crippen LogP contribution in [0.15, 0.2) is 36.4 Å². The lowest BCUT2D eigenvalue weighted by molar-refractivity contribution is -0.701. The highest BCUT2D eigenvalue weighted by molar-refractivity contribution is 7.80. The number of nitrogens with zero attached hydrogens (tertiary/aromatic N) is 1. The first-order chi connectivity index (χ1) is 9.46. The molecule has 0 aliphatic heterocycles. The normalized spacial score (nSPS) is 12.3. The molecule has 0 aliphatic rings. The Bertz CT molecular complexity index is 899. The molecule has 0 saturated carbocycles. The van der Waals surface area contributed by atoms with E-state index in [0.29, 0.717) is 0 Å². The van der Waals surface area contributed by atoms with Crippen molar-refractivity contribution in [3.63, 3.8) is 0 Å². The molecule has 0 spiro atoms. The number of thiazole rings is 1. The van der Waals surface area contributed by atoms with Crippen molar-refractivity contribution in [1.29, 1.82) is 0 Å². The third-order valence-electron chi connectivity index (χ3n) is 3.10. The van der Waals surface area contributed by atoms with Crippen LogP contribution in [0.25, 0.3) is 21.0 Å². The summed E-state index contributed by atoms with van der Waals surface area (Å²) in [5.41, 5.74) is 0.911. The molecule has 3 aromatic rings. The predicted molar refractivity (Wildman–Crippen MR) is 76.9 cm³/mol. The molecular weight excluding hydrogens is 298 g/mol. The second kappa shape index (κ2) is 4.78. The Morgan fingerprint density at radius 1 is 1.25 bits per heavy atom. The van der Waals surface area contributed by atoms with Crippen LogP contribution in [0.4, 0.5) is 0 Å². The van der Waals surface area contributed by atoms with Crippen LogP contribution in [-0.2, 0) is 21.3 Å². The Balaban J connectivity index is 2.24. The molecule has 1 aromatic heterocycles. The van der Waals surface area contributed by atoms with E-state index in [2.05, 4.69) is 4.18 Å². The Morgan fingerprint density at radius 2 is 2.00 bits per heavy atom. The van der Waals surface area contributed by atoms with Gasteiger partial charge in [-0.3, -0.25) is 4.55 Å². The van der Waals surface area contributed by atoms with Gasteiger partial charge in [-0.25, -0.2) is 0 Å². The van der Waals surface area contributed by atoms with E-state index in [9.17, 15) is 8.42 Å². The highest BCUT2D eigenvalue weighted by atomic mass is 32.3. The Labute approximate surface area is 120 Å². The molecule has 2 aromatic carbocycles. The van der Waals surface area contributed by atoms with Crippen LogP contribution < -0.4 is 4.57 Å². The average Bonchev–Trinajstić information content (AvgIpc) is 2.71. The summed E-state index contributed by atoms with van der Waals surface area (Å²) >= 11 is 1.55. The van der Waals surface area contributed by atoms with Gasteiger partial charge in [0, 0.05) is 6.92 Å². The fourth-order valence-corrected chi connectivity index (χ4v) is 3.51. The molecule has 0 atom stereocenters. The minimum absolute atomic E-state index is 0.237. The van der Waals surface area contributed by atoms with E-state index >= 15 is 0 Å². The van der Waals surface area contributed by atoms with Crippen LogP contribution in [0.5, 0.6) is 0 Å². The molecule has 1 heterocycles. The molecule has 0 saturated heterocycles. The maximum atomic E-state index is 10.8. The van der Waals surface area contributed by atoms with Crippen molar-refractivity contribution in [2.45, 2.75) is 13.7 Å². The van der Waals surface area contributed by atoms with Gasteiger partial charge in [0.05, 0.1) is 5.39 Å². The molecule has 1 N–H and O–H groups in total. The Hall–Kier alpha value is -1.54. The Kier molecular flexibility index (Phi) is 3.21. The second-order valence-electron chi connectivity index (χ2n) is 4.36. The van der Waals surface area contributed by atoms with Crippen molar-refractivity contribution >= 4 is 42.7 Å². The molecule has 3 rings (SSSR count). The molecule has 0 bridgehead atoms. The average molecular weight is 310 g/mol. The molecule has 0 amide bonds. The zero-order chi connectivity index (χ0) is 14.3. The van der Waals surface area contributed by atoms with E-state index in [0.717, 1.165) is 26.0 Å². The summed E-state index contributed by atoms with van der Waals surface area (Å²) < 4.78 is 37.6. The summed E-state index contributed by atoms with van der Waals surface area (Å²) in [5.74, 6) is 0. The topological polar surface area (TPSA) is 67.5 Å². The third kappa shape index (κ3) is 2.40. The fraction of sp³-hybridized carbons (Fsp3) is 0.154. The van der Waals surface area contributed by atoms with Gasteiger partial charge in [-0.2, -0.15) is 17.2 Å². The summed E-state index contributed by atoms with van der Waals surface area (Å²) in [7, 11) is -4.46. The first-order valence-electron chi connectivity index (χ1n) is 5.88. The highest BCUT2D eigenvalue weighted by Crippen LogP contribution is 2.27. The Morgan fingerprint density at radius 3 is 2.75 bits per heavy atom. The second-order valence-corrected chi connectivity index (χ2v) is 6.68. The van der Waals surface area contributed by atoms with Gasteiger partial charge in [-0.15, -0.1) is 0 Å². The van der Waals surface area contributed by atoms with Crippen molar-refractivity contribution in [1.82, 2.24) is 0 Å². The van der Waals surface area contributed by atoms with Gasteiger partial charge in [-0.1, -0.05) is 35.6 Å². The first kappa shape index (κ1) is 13.4. The van der Waals surface area contributed by atoms with Gasteiger partial charge < -0.3 is 0 Å². The first-order valence-corrected chi connectivity index (χ1v) is 8.06. The van der Waals surface area contributed by atoms with E-state index < -0.39 is 10.4 Å². The smallest absolute Gasteiger partial charge is 0.263 e. The van der Waals surface area contributed by atoms with E-state index in [-0.39, 0.29) is 6.73 Å². The number of hydrogen-bond donors (Lipinski definition) is 1. The summed E-state index contributed by atoms with van der Waals surface area (Å²) in [4.78, 5) is 0. The fourth-order valence-electron chi connectivity index (χ4n) is 2.24. The maximum Gasteiger partial charge on any atom is 0.402 e. The SMILES string of the molecule is Cc1sc2ccc3ccccc3c2[n+]1COS(=O)(=O)O. The van der Waals surface area contributed by atoms with Gasteiger partial charge in [0.25, 0.3) is 6.73 Å². The predicted octanol–water partition coefficient (Wildman–Crippen LogP) is 2.43. The molecule has 0 aliphatic carbocycles. The van der Waals surface area contributed by atoms with Crippen molar-refractivity contribution in [2.24, 2.45) is 0 Å². The lowest BCUT2D eigenvalue weighted by Crippen LogP contribution is -2.37. The van der Waals surface area contributed by atoms with E-state index in [1.54, 1.807) is 15.9 Å². The summed E-state index contributed by atoms with van der Waals surface area (Å²) in [6.07, 6.45) is 0. The molecule has 5 nitrogen and oxygen atoms in total. The van der Waals surface area contributed by atoms with Crippen LogP contribution in [0, 0.1) is 6.92 Å². The lowest BCUT2D eigenvalue weighted by atomic mass is 10.1. The number of benzene rings is 2. The quantitative estimate of drug-likeness (QED) is 0.596. The molecule has 0 fully saturated rings. The molecule has 0 radical (unpaired) electrons.